The number of carboxylic acid groups (broad SMARTS) is 1. The molecule has 0 unspecified atom stereocenters. The van der Waals surface area contributed by atoms with Gasteiger partial charge < -0.3 is 5.11 Å². The summed E-state index contributed by atoms with van der Waals surface area (Å²) in [5.41, 5.74) is 0. The first-order valence-corrected chi connectivity index (χ1v) is 5.20. The van der Waals surface area contributed by atoms with Gasteiger partial charge in [0.25, 0.3) is 6.47 Å². The molecule has 0 heterocycles. The van der Waals surface area contributed by atoms with E-state index in [1.54, 1.807) is 21.6 Å². The quantitative estimate of drug-likeness (QED) is 0.383. The molecule has 0 spiro atoms. The molecule has 0 aromatic rings. The van der Waals surface area contributed by atoms with Gasteiger partial charge in [-0.1, -0.05) is 21.6 Å². The standard InChI is InChI=1S/C2H6S2.CH2O2.H2N.Ni/c1-3-4-2;2-1-3;;/h1-2H3;1H,(H,2,3);1H2;/q;;-1;+1. The van der Waals surface area contributed by atoms with Crippen molar-refractivity contribution in [1.29, 1.82) is 0 Å². The second kappa shape index (κ2) is 38.2. The van der Waals surface area contributed by atoms with E-state index in [1.807, 2.05) is 0 Å². The van der Waals surface area contributed by atoms with Crippen LogP contribution in [0.3, 0.4) is 0 Å². The van der Waals surface area contributed by atoms with E-state index in [4.69, 9.17) is 9.90 Å². The number of carbonyl (C=O) groups is 1. The van der Waals surface area contributed by atoms with Gasteiger partial charge in [0.2, 0.25) is 0 Å². The predicted molar refractivity (Wildman–Crippen MR) is 39.9 cm³/mol. The summed E-state index contributed by atoms with van der Waals surface area (Å²) in [5.74, 6) is 0. The number of nitrogens with two attached hydrogens (primary N) is 1. The molecule has 0 aliphatic carbocycles. The minimum absolute atomic E-state index is 0.250. The average molecular weight is 215 g/mol. The van der Waals surface area contributed by atoms with E-state index in [-0.39, 0.29) is 6.47 Å². The topological polar surface area (TPSA) is 63.3 Å². The molecule has 9 heavy (non-hydrogen) atoms. The Hall–Kier alpha value is 0.624. The summed E-state index contributed by atoms with van der Waals surface area (Å²) in [6.45, 7) is -0.250. The fourth-order valence-electron chi connectivity index (χ4n) is 0. The van der Waals surface area contributed by atoms with Crippen molar-refractivity contribution in [3.8, 4) is 0 Å². The zero-order chi connectivity index (χ0) is 8.12. The van der Waals surface area contributed by atoms with Crippen molar-refractivity contribution in [2.75, 3.05) is 12.5 Å². The van der Waals surface area contributed by atoms with Crippen LogP contribution in [0.25, 0.3) is 0 Å². The van der Waals surface area contributed by atoms with Gasteiger partial charge >= 0.3 is 20.5 Å². The molecule has 0 rings (SSSR count). The van der Waals surface area contributed by atoms with E-state index in [1.165, 1.54) is 0 Å². The zero-order valence-corrected chi connectivity index (χ0v) is 7.76. The molecule has 0 radical (unpaired) electrons. The fourth-order valence-corrected chi connectivity index (χ4v) is 0. The van der Waals surface area contributed by atoms with Crippen LogP contribution >= 0.6 is 21.6 Å². The Morgan fingerprint density at radius 1 is 1.44 bits per heavy atom. The minimum atomic E-state index is -0.250. The van der Waals surface area contributed by atoms with Crippen LogP contribution in [0.2, 0.25) is 0 Å². The fraction of sp³-hybridized carbons (Fsp3) is 0.667. The normalized spacial score (nSPS) is 5.44. The Kier molecular flexibility index (Phi) is 69.2. The predicted octanol–water partition coefficient (Wildman–Crippen LogP) is 0.735. The molecule has 0 atom stereocenters. The van der Waals surface area contributed by atoms with Gasteiger partial charge in [-0.25, -0.2) is 0 Å². The monoisotopic (exact) mass is 214 g/mol. The third kappa shape index (κ3) is 144. The van der Waals surface area contributed by atoms with Gasteiger partial charge in [-0.15, -0.1) is 0 Å². The molecule has 0 fully saturated rings. The molecule has 0 aliphatic heterocycles. The third-order valence-corrected chi connectivity index (χ3v) is 1.50. The van der Waals surface area contributed by atoms with E-state index in [2.05, 4.69) is 33.0 Å². The summed E-state index contributed by atoms with van der Waals surface area (Å²) < 4.78 is 0. The molecule has 0 amide bonds. The number of hydrogen-bond acceptors (Lipinski definition) is 4. The van der Waals surface area contributed by atoms with E-state index >= 15 is 0 Å². The van der Waals surface area contributed by atoms with Crippen LogP contribution in [0.1, 0.15) is 0 Å². The number of rotatable bonds is 1. The van der Waals surface area contributed by atoms with E-state index in [0.29, 0.717) is 0 Å². The Morgan fingerprint density at radius 3 is 1.56 bits per heavy atom. The van der Waals surface area contributed by atoms with Crippen LogP contribution in [0.15, 0.2) is 0 Å². The second-order valence-electron chi connectivity index (χ2n) is 0.439. The van der Waals surface area contributed by atoms with Gasteiger partial charge in [0.1, 0.15) is 0 Å². The van der Waals surface area contributed by atoms with Crippen molar-refractivity contribution in [2.24, 2.45) is 4.81 Å². The first kappa shape index (κ1) is 16.3. The Labute approximate surface area is 71.1 Å². The Morgan fingerprint density at radius 2 is 1.56 bits per heavy atom. The Balaban J connectivity index is -0.0000000646. The first-order chi connectivity index (χ1) is 4.33. The van der Waals surface area contributed by atoms with Crippen LogP contribution in [0, 0.1) is 0 Å². The molecule has 3 N–H and O–H groups in total. The molecule has 0 aromatic heterocycles. The number of hydrogen-bond donors (Lipinski definition) is 2. The van der Waals surface area contributed by atoms with Crippen LogP contribution in [-0.4, -0.2) is 24.1 Å². The second-order valence-corrected chi connectivity index (χ2v) is 3.11. The van der Waals surface area contributed by atoms with E-state index in [9.17, 15) is 0 Å². The average Bonchev–Trinajstić information content (AvgIpc) is 1.94. The maximum absolute atomic E-state index is 8.36. The summed E-state index contributed by atoms with van der Waals surface area (Å²) in [4.78, 5) is 12.5. The van der Waals surface area contributed by atoms with Gasteiger partial charge in [-0.2, -0.15) is 0 Å². The zero-order valence-electron chi connectivity index (χ0n) is 5.14. The molecular formula is C3H10NNiO2S2. The van der Waals surface area contributed by atoms with Crippen LogP contribution in [0.4, 0.5) is 0 Å². The molecule has 3 nitrogen and oxygen atoms in total. The summed E-state index contributed by atoms with van der Waals surface area (Å²) in [6.07, 6.45) is 4.12. The van der Waals surface area contributed by atoms with Crippen LogP contribution in [-0.2, 0) is 20.5 Å². The SMILES string of the molecule is CSSC.O=CO.[NH2][Ni]. The first-order valence-electron chi connectivity index (χ1n) is 1.66. The summed E-state index contributed by atoms with van der Waals surface area (Å²) in [5, 5.41) is 6.89. The van der Waals surface area contributed by atoms with Gasteiger partial charge in [0.05, 0.1) is 0 Å². The summed E-state index contributed by atoms with van der Waals surface area (Å²) in [6, 6.07) is 0. The van der Waals surface area contributed by atoms with Crippen molar-refractivity contribution in [3.05, 3.63) is 0 Å². The van der Waals surface area contributed by atoms with E-state index in [0.717, 1.165) is 0 Å². The van der Waals surface area contributed by atoms with Crippen molar-refractivity contribution in [2.45, 2.75) is 0 Å². The van der Waals surface area contributed by atoms with E-state index < -0.39 is 0 Å². The van der Waals surface area contributed by atoms with Crippen LogP contribution < -0.4 is 4.81 Å². The molecule has 0 bridgehead atoms. The molecular weight excluding hydrogens is 205 g/mol. The summed E-state index contributed by atoms with van der Waals surface area (Å²) in [7, 11) is 3.55. The third-order valence-electron chi connectivity index (χ3n) is 0.167. The van der Waals surface area contributed by atoms with Gasteiger partial charge in [-0.05, 0) is 12.5 Å². The molecule has 61 valence electrons. The van der Waals surface area contributed by atoms with Crippen molar-refractivity contribution < 1.29 is 25.6 Å². The maximum atomic E-state index is 8.36. The molecule has 6 heteroatoms. The van der Waals surface area contributed by atoms with Crippen molar-refractivity contribution >= 4 is 28.1 Å². The van der Waals surface area contributed by atoms with Gasteiger partial charge in [-0.3, -0.25) is 4.79 Å². The molecule has 0 saturated heterocycles. The molecule has 0 aliphatic rings. The Bertz CT molecular complexity index is 39.0. The van der Waals surface area contributed by atoms with Crippen molar-refractivity contribution in [1.82, 2.24) is 0 Å². The molecule has 0 aromatic carbocycles. The van der Waals surface area contributed by atoms with Gasteiger partial charge in [0, 0.05) is 0 Å². The van der Waals surface area contributed by atoms with Crippen molar-refractivity contribution in [3.63, 3.8) is 0 Å². The van der Waals surface area contributed by atoms with Gasteiger partial charge in [0.15, 0.2) is 0 Å². The van der Waals surface area contributed by atoms with Crippen LogP contribution in [0.5, 0.6) is 0 Å². The molecule has 0 saturated carbocycles. The summed E-state index contributed by atoms with van der Waals surface area (Å²) >= 11 is 3.38.